The van der Waals surface area contributed by atoms with Crippen LogP contribution in [0.4, 0.5) is 13.2 Å². The van der Waals surface area contributed by atoms with E-state index < -0.39 is 12.1 Å². The number of unbranched alkanes of at least 4 members (excludes halogenated alkanes) is 1. The number of amides is 2. The Morgan fingerprint density at radius 1 is 1.12 bits per heavy atom. The van der Waals surface area contributed by atoms with Gasteiger partial charge in [-0.3, -0.25) is 20.0 Å². The molecular weight excluding hydrogens is 453 g/mol. The number of aliphatic imine (C=N–C) groups is 1. The molecule has 8 nitrogen and oxygen atoms in total. The number of hydrogen-bond donors (Lipinski definition) is 2. The fourth-order valence-corrected chi connectivity index (χ4v) is 2.52. The molecule has 11 heteroatoms. The molecule has 1 aromatic carbocycles. The lowest BCUT2D eigenvalue weighted by Crippen LogP contribution is -2.48. The Hall–Kier alpha value is -3.50. The van der Waals surface area contributed by atoms with Crippen molar-refractivity contribution in [3.63, 3.8) is 0 Å². The summed E-state index contributed by atoms with van der Waals surface area (Å²) in [6.07, 6.45) is 1.84. The fourth-order valence-electron chi connectivity index (χ4n) is 2.52. The lowest BCUT2D eigenvalue weighted by atomic mass is 10.2. The van der Waals surface area contributed by atoms with Crippen LogP contribution in [0.1, 0.15) is 32.3 Å². The first kappa shape index (κ1) is 28.5. The maximum Gasteiger partial charge on any atom is 0.473 e. The first-order valence-electron chi connectivity index (χ1n) is 10.5. The minimum atomic E-state index is -4.98. The van der Waals surface area contributed by atoms with Crippen molar-refractivity contribution < 1.29 is 32.2 Å². The number of alkyl halides is 3. The molecule has 1 aromatic rings. The van der Waals surface area contributed by atoms with Gasteiger partial charge in [0.25, 0.3) is 0 Å². The summed E-state index contributed by atoms with van der Waals surface area (Å²) < 4.78 is 48.4. The zero-order chi connectivity index (χ0) is 25.6. The predicted octanol–water partition coefficient (Wildman–Crippen LogP) is 3.50. The monoisotopic (exact) mass is 484 g/mol. The van der Waals surface area contributed by atoms with E-state index in [1.54, 1.807) is 38.1 Å². The summed E-state index contributed by atoms with van der Waals surface area (Å²) in [6.45, 7) is 3.93. The zero-order valence-electron chi connectivity index (χ0n) is 19.7. The normalized spacial score (nSPS) is 11.4. The van der Waals surface area contributed by atoms with Crippen LogP contribution in [0.3, 0.4) is 0 Å². The van der Waals surface area contributed by atoms with Gasteiger partial charge in [0.2, 0.25) is 5.91 Å². The van der Waals surface area contributed by atoms with Gasteiger partial charge in [0.15, 0.2) is 11.5 Å². The number of carbonyl (C=O) groups is 2. The molecule has 1 rings (SSSR count). The number of methoxy groups -OCH3 is 2. The maximum atomic E-state index is 12.7. The number of hydrogen-bond acceptors (Lipinski definition) is 5. The Morgan fingerprint density at radius 3 is 2.44 bits per heavy atom. The van der Waals surface area contributed by atoms with Gasteiger partial charge in [0, 0.05) is 19.2 Å². The highest BCUT2D eigenvalue weighted by atomic mass is 19.4. The molecule has 0 spiro atoms. The van der Waals surface area contributed by atoms with Crippen LogP contribution in [0.5, 0.6) is 11.5 Å². The Labute approximate surface area is 197 Å². The van der Waals surface area contributed by atoms with Crippen molar-refractivity contribution in [2.75, 3.05) is 33.9 Å². The Bertz CT molecular complexity index is 895. The highest BCUT2D eigenvalue weighted by Gasteiger charge is 2.42. The van der Waals surface area contributed by atoms with Gasteiger partial charge in [-0.1, -0.05) is 17.7 Å². The highest BCUT2D eigenvalue weighted by Crippen LogP contribution is 2.27. The van der Waals surface area contributed by atoms with Crippen LogP contribution in [-0.4, -0.2) is 63.2 Å². The molecule has 0 bridgehead atoms. The first-order chi connectivity index (χ1) is 16.1. The van der Waals surface area contributed by atoms with Gasteiger partial charge in [-0.2, -0.15) is 13.2 Å². The molecule has 0 heterocycles. The summed E-state index contributed by atoms with van der Waals surface area (Å²) in [5.41, 5.74) is 3.82. The van der Waals surface area contributed by atoms with E-state index in [2.05, 4.69) is 15.7 Å². The third-order valence-corrected chi connectivity index (χ3v) is 4.32. The number of nitrogens with zero attached hydrogens (tertiary/aromatic N) is 2. The van der Waals surface area contributed by atoms with Gasteiger partial charge in [0.1, 0.15) is 6.34 Å². The highest BCUT2D eigenvalue weighted by molar-refractivity contribution is 5.91. The molecule has 0 saturated carbocycles. The summed E-state index contributed by atoms with van der Waals surface area (Å²) >= 11 is 0. The number of hydrazine groups is 1. The van der Waals surface area contributed by atoms with Crippen molar-refractivity contribution in [2.24, 2.45) is 4.99 Å². The molecule has 0 fully saturated rings. The molecule has 0 radical (unpaired) electrons. The quantitative estimate of drug-likeness (QED) is 0.112. The largest absolute Gasteiger partial charge is 0.493 e. The van der Waals surface area contributed by atoms with E-state index in [4.69, 9.17) is 9.47 Å². The molecule has 188 valence electrons. The molecule has 0 aliphatic carbocycles. The lowest BCUT2D eigenvalue weighted by molar-refractivity contribution is -0.186. The minimum Gasteiger partial charge on any atom is -0.493 e. The smallest absolute Gasteiger partial charge is 0.473 e. The predicted molar refractivity (Wildman–Crippen MR) is 125 cm³/mol. The van der Waals surface area contributed by atoms with Crippen LogP contribution < -0.4 is 20.2 Å². The standard InChI is InChI=1S/C23H31F3N4O4/c1-17(2)11-14-30(22(32)23(24,25)26)29-16-27-12-5-6-13-28-21(31)10-8-18-7-9-19(33-3)20(15-18)34-4/h7-11,15-16H,5-6,12-14H2,1-4H3,(H,27,29)(H,28,31)/b10-8+. The maximum absolute atomic E-state index is 12.7. The summed E-state index contributed by atoms with van der Waals surface area (Å²) in [6, 6.07) is 5.28. The van der Waals surface area contributed by atoms with Gasteiger partial charge < -0.3 is 14.8 Å². The molecule has 0 aliphatic heterocycles. The molecule has 0 aliphatic rings. The van der Waals surface area contributed by atoms with Gasteiger partial charge in [-0.25, -0.2) is 5.01 Å². The molecule has 0 unspecified atom stereocenters. The molecular formula is C23H31F3N4O4. The molecule has 0 aromatic heterocycles. The number of carbonyl (C=O) groups excluding carboxylic acids is 2. The van der Waals surface area contributed by atoms with Gasteiger partial charge in [0.05, 0.1) is 20.8 Å². The summed E-state index contributed by atoms with van der Waals surface area (Å²) in [7, 11) is 3.07. The number of nitrogens with one attached hydrogen (secondary N) is 2. The van der Waals surface area contributed by atoms with E-state index >= 15 is 0 Å². The Morgan fingerprint density at radius 2 is 1.82 bits per heavy atom. The van der Waals surface area contributed by atoms with Crippen LogP contribution in [0.25, 0.3) is 6.08 Å². The summed E-state index contributed by atoms with van der Waals surface area (Å²) in [5.74, 6) is -1.11. The number of ether oxygens (including phenoxy) is 2. The van der Waals surface area contributed by atoms with Crippen molar-refractivity contribution in [1.29, 1.82) is 0 Å². The Kier molecular flexibility index (Phi) is 12.3. The summed E-state index contributed by atoms with van der Waals surface area (Å²) in [4.78, 5) is 27.3. The summed E-state index contributed by atoms with van der Waals surface area (Å²) in [5, 5.41) is 3.18. The van der Waals surface area contributed by atoms with Gasteiger partial charge in [-0.15, -0.1) is 0 Å². The van der Waals surface area contributed by atoms with Crippen molar-refractivity contribution in [2.45, 2.75) is 32.9 Å². The second-order valence-electron chi connectivity index (χ2n) is 7.31. The second kappa shape index (κ2) is 14.6. The average molecular weight is 485 g/mol. The van der Waals surface area contributed by atoms with Gasteiger partial charge in [-0.05, 0) is 50.5 Å². The van der Waals surface area contributed by atoms with Crippen molar-refractivity contribution in [3.8, 4) is 11.5 Å². The Balaban J connectivity index is 2.36. The van der Waals surface area contributed by atoms with Crippen molar-refractivity contribution >= 4 is 24.2 Å². The molecule has 34 heavy (non-hydrogen) atoms. The first-order valence-corrected chi connectivity index (χ1v) is 10.5. The van der Waals surface area contributed by atoms with Crippen LogP contribution in [-0.2, 0) is 9.59 Å². The molecule has 2 amide bonds. The SMILES string of the molecule is COc1ccc(/C=C/C(=O)NCCCCN=CNN(CC=C(C)C)C(=O)C(F)(F)F)cc1OC. The zero-order valence-corrected chi connectivity index (χ0v) is 19.7. The molecule has 2 N–H and O–H groups in total. The third-order valence-electron chi connectivity index (χ3n) is 4.32. The van der Waals surface area contributed by atoms with E-state index in [0.29, 0.717) is 42.4 Å². The van der Waals surface area contributed by atoms with Crippen molar-refractivity contribution in [1.82, 2.24) is 15.8 Å². The van der Waals surface area contributed by atoms with E-state index in [9.17, 15) is 22.8 Å². The number of allylic oxidation sites excluding steroid dienone is 1. The molecule has 0 saturated heterocycles. The van der Waals surface area contributed by atoms with E-state index in [0.717, 1.165) is 17.5 Å². The van der Waals surface area contributed by atoms with Crippen LogP contribution in [0, 0.1) is 0 Å². The van der Waals surface area contributed by atoms with E-state index in [1.165, 1.54) is 26.4 Å². The van der Waals surface area contributed by atoms with Gasteiger partial charge >= 0.3 is 12.1 Å². The number of rotatable bonds is 13. The van der Waals surface area contributed by atoms with Crippen molar-refractivity contribution in [3.05, 3.63) is 41.5 Å². The number of benzene rings is 1. The average Bonchev–Trinajstić information content (AvgIpc) is 2.79. The lowest BCUT2D eigenvalue weighted by Gasteiger charge is -2.21. The second-order valence-corrected chi connectivity index (χ2v) is 7.31. The minimum absolute atomic E-state index is 0.241. The fraction of sp³-hybridized carbons (Fsp3) is 0.435. The van der Waals surface area contributed by atoms with Crippen LogP contribution in [0.2, 0.25) is 0 Å². The van der Waals surface area contributed by atoms with E-state index in [1.807, 2.05) is 0 Å². The van der Waals surface area contributed by atoms with Crippen LogP contribution >= 0.6 is 0 Å². The van der Waals surface area contributed by atoms with Crippen LogP contribution in [0.15, 0.2) is 40.9 Å². The third kappa shape index (κ3) is 10.9. The van der Waals surface area contributed by atoms with E-state index in [-0.39, 0.29) is 12.5 Å². The molecule has 0 atom stereocenters. The topological polar surface area (TPSA) is 92.3 Å². The number of halogens is 3.